The summed E-state index contributed by atoms with van der Waals surface area (Å²) >= 11 is 6.10. The fourth-order valence-electron chi connectivity index (χ4n) is 2.71. The third-order valence-electron chi connectivity index (χ3n) is 3.73. The highest BCUT2D eigenvalue weighted by Gasteiger charge is 2.27. The van der Waals surface area contributed by atoms with Crippen LogP contribution in [0.4, 0.5) is 0 Å². The summed E-state index contributed by atoms with van der Waals surface area (Å²) in [4.78, 5) is 29.5. The van der Waals surface area contributed by atoms with Gasteiger partial charge in [-0.25, -0.2) is 0 Å². The van der Waals surface area contributed by atoms with Crippen molar-refractivity contribution in [1.82, 2.24) is 9.88 Å². The van der Waals surface area contributed by atoms with Gasteiger partial charge < -0.3 is 14.7 Å². The van der Waals surface area contributed by atoms with Gasteiger partial charge in [0.2, 0.25) is 0 Å². The quantitative estimate of drug-likeness (QED) is 0.930. The molecule has 1 unspecified atom stereocenters. The average Bonchev–Trinajstić information content (AvgIpc) is 2.53. The first-order chi connectivity index (χ1) is 11.0. The Morgan fingerprint density at radius 1 is 1.43 bits per heavy atom. The second-order valence-corrected chi connectivity index (χ2v) is 5.81. The number of fused-ring (bicyclic) bond motifs is 1. The fourth-order valence-corrected chi connectivity index (χ4v) is 2.94. The van der Waals surface area contributed by atoms with E-state index in [-0.39, 0.29) is 18.9 Å². The van der Waals surface area contributed by atoms with Crippen molar-refractivity contribution in [2.75, 3.05) is 19.7 Å². The Morgan fingerprint density at radius 2 is 2.26 bits per heavy atom. The highest BCUT2D eigenvalue weighted by molar-refractivity contribution is 6.32. The van der Waals surface area contributed by atoms with Crippen molar-refractivity contribution in [3.63, 3.8) is 0 Å². The van der Waals surface area contributed by atoms with E-state index in [2.05, 4.69) is 4.98 Å². The van der Waals surface area contributed by atoms with E-state index in [1.807, 2.05) is 6.07 Å². The number of pyridine rings is 1. The summed E-state index contributed by atoms with van der Waals surface area (Å²) in [6, 6.07) is 6.98. The van der Waals surface area contributed by atoms with Crippen LogP contribution in [-0.2, 0) is 9.53 Å². The summed E-state index contributed by atoms with van der Waals surface area (Å²) in [6.07, 6.45) is 1.00. The zero-order valence-corrected chi connectivity index (χ0v) is 13.0. The minimum absolute atomic E-state index is 0.127. The number of morpholine rings is 1. The van der Waals surface area contributed by atoms with Crippen molar-refractivity contribution in [3.8, 4) is 0 Å². The number of aromatic nitrogens is 1. The van der Waals surface area contributed by atoms with Crippen molar-refractivity contribution in [3.05, 3.63) is 41.0 Å². The van der Waals surface area contributed by atoms with Gasteiger partial charge in [-0.1, -0.05) is 17.7 Å². The summed E-state index contributed by atoms with van der Waals surface area (Å²) in [7, 11) is 0. The van der Waals surface area contributed by atoms with E-state index < -0.39 is 12.1 Å². The number of hydrogen-bond donors (Lipinski definition) is 1. The lowest BCUT2D eigenvalue weighted by Crippen LogP contribution is -2.46. The molecule has 0 bridgehead atoms. The van der Waals surface area contributed by atoms with E-state index in [0.717, 1.165) is 5.39 Å². The topological polar surface area (TPSA) is 79.7 Å². The third kappa shape index (κ3) is 3.43. The predicted octanol–water partition coefficient (Wildman–Crippen LogP) is 2.20. The van der Waals surface area contributed by atoms with Crippen LogP contribution in [0.15, 0.2) is 30.5 Å². The predicted molar refractivity (Wildman–Crippen MR) is 84.6 cm³/mol. The second-order valence-electron chi connectivity index (χ2n) is 5.37. The lowest BCUT2D eigenvalue weighted by molar-refractivity contribution is -0.141. The molecule has 1 aliphatic rings. The first-order valence-corrected chi connectivity index (χ1v) is 7.59. The van der Waals surface area contributed by atoms with Gasteiger partial charge in [-0.3, -0.25) is 14.6 Å². The summed E-state index contributed by atoms with van der Waals surface area (Å²) in [5.41, 5.74) is 1.01. The summed E-state index contributed by atoms with van der Waals surface area (Å²) in [6.45, 7) is 0.970. The molecule has 6 nitrogen and oxygen atoms in total. The highest BCUT2D eigenvalue weighted by atomic mass is 35.5. The number of aliphatic carboxylic acids is 1. The lowest BCUT2D eigenvalue weighted by Gasteiger charge is -2.32. The molecule has 0 saturated carbocycles. The fraction of sp³-hybridized carbons (Fsp3) is 0.312. The molecule has 2 heterocycles. The van der Waals surface area contributed by atoms with Crippen molar-refractivity contribution in [2.24, 2.45) is 0 Å². The molecule has 120 valence electrons. The van der Waals surface area contributed by atoms with Gasteiger partial charge in [0.15, 0.2) is 0 Å². The smallest absolute Gasteiger partial charge is 0.306 e. The molecule has 2 aromatic rings. The Hall–Kier alpha value is -2.18. The van der Waals surface area contributed by atoms with Gasteiger partial charge >= 0.3 is 5.97 Å². The monoisotopic (exact) mass is 334 g/mol. The van der Waals surface area contributed by atoms with Gasteiger partial charge in [0.1, 0.15) is 0 Å². The van der Waals surface area contributed by atoms with Crippen molar-refractivity contribution < 1.29 is 19.4 Å². The minimum atomic E-state index is -0.945. The largest absolute Gasteiger partial charge is 0.481 e. The maximum Gasteiger partial charge on any atom is 0.306 e. The van der Waals surface area contributed by atoms with Crippen molar-refractivity contribution in [1.29, 1.82) is 0 Å². The number of ether oxygens (including phenoxy) is 1. The van der Waals surface area contributed by atoms with Crippen LogP contribution in [0.1, 0.15) is 16.8 Å². The molecule has 1 atom stereocenters. The summed E-state index contributed by atoms with van der Waals surface area (Å²) in [5.74, 6) is -1.16. The first-order valence-electron chi connectivity index (χ1n) is 7.21. The highest BCUT2D eigenvalue weighted by Crippen LogP contribution is 2.24. The molecule has 1 saturated heterocycles. The SMILES string of the molecule is O=C(O)CC1CN(C(=O)c2cc(Cl)cc3cccnc23)CCO1. The van der Waals surface area contributed by atoms with E-state index >= 15 is 0 Å². The maximum atomic E-state index is 12.8. The molecule has 1 fully saturated rings. The molecule has 1 aromatic carbocycles. The summed E-state index contributed by atoms with van der Waals surface area (Å²) < 4.78 is 5.40. The maximum absolute atomic E-state index is 12.8. The molecular weight excluding hydrogens is 320 g/mol. The van der Waals surface area contributed by atoms with Crippen molar-refractivity contribution >= 4 is 34.4 Å². The van der Waals surface area contributed by atoms with Gasteiger partial charge in [-0.15, -0.1) is 0 Å². The van der Waals surface area contributed by atoms with Crippen LogP contribution in [0.3, 0.4) is 0 Å². The van der Waals surface area contributed by atoms with Crippen LogP contribution in [0.2, 0.25) is 5.02 Å². The Bertz CT molecular complexity index is 765. The number of rotatable bonds is 3. The second kappa shape index (κ2) is 6.52. The number of halogens is 1. The zero-order chi connectivity index (χ0) is 16.4. The Kier molecular flexibility index (Phi) is 4.45. The number of carboxylic acid groups (broad SMARTS) is 1. The van der Waals surface area contributed by atoms with Crippen LogP contribution in [0.5, 0.6) is 0 Å². The number of nitrogens with zero attached hydrogens (tertiary/aromatic N) is 2. The Balaban J connectivity index is 1.89. The molecule has 3 rings (SSSR count). The average molecular weight is 335 g/mol. The third-order valence-corrected chi connectivity index (χ3v) is 3.95. The van der Waals surface area contributed by atoms with E-state index in [1.54, 1.807) is 29.3 Å². The van der Waals surface area contributed by atoms with Gasteiger partial charge in [-0.2, -0.15) is 0 Å². The van der Waals surface area contributed by atoms with Crippen LogP contribution in [0, 0.1) is 0 Å². The molecule has 1 amide bonds. The molecule has 0 radical (unpaired) electrons. The van der Waals surface area contributed by atoms with Crippen LogP contribution < -0.4 is 0 Å². The Morgan fingerprint density at radius 3 is 3.04 bits per heavy atom. The first kappa shape index (κ1) is 15.7. The molecular formula is C16H15ClN2O4. The van der Waals surface area contributed by atoms with Gasteiger partial charge in [0, 0.05) is 29.7 Å². The lowest BCUT2D eigenvalue weighted by atomic mass is 10.1. The zero-order valence-electron chi connectivity index (χ0n) is 12.2. The number of amides is 1. The van der Waals surface area contributed by atoms with Gasteiger partial charge in [0.05, 0.1) is 30.2 Å². The molecule has 23 heavy (non-hydrogen) atoms. The molecule has 0 spiro atoms. The number of carboxylic acids is 1. The van der Waals surface area contributed by atoms with Gasteiger partial charge in [-0.05, 0) is 18.2 Å². The number of carbonyl (C=O) groups is 2. The molecule has 7 heteroatoms. The van der Waals surface area contributed by atoms with Gasteiger partial charge in [0.25, 0.3) is 5.91 Å². The Labute approximate surface area is 137 Å². The molecule has 1 aromatic heterocycles. The minimum Gasteiger partial charge on any atom is -0.481 e. The molecule has 0 aliphatic carbocycles. The number of hydrogen-bond acceptors (Lipinski definition) is 4. The number of carbonyl (C=O) groups excluding carboxylic acids is 1. The van der Waals surface area contributed by atoms with Crippen molar-refractivity contribution in [2.45, 2.75) is 12.5 Å². The van der Waals surface area contributed by atoms with Crippen LogP contribution in [0.25, 0.3) is 10.9 Å². The molecule has 1 aliphatic heterocycles. The number of benzene rings is 1. The van der Waals surface area contributed by atoms with E-state index in [4.69, 9.17) is 21.4 Å². The van der Waals surface area contributed by atoms with E-state index in [9.17, 15) is 9.59 Å². The van der Waals surface area contributed by atoms with Crippen LogP contribution >= 0.6 is 11.6 Å². The molecule has 1 N–H and O–H groups in total. The van der Waals surface area contributed by atoms with Crippen LogP contribution in [-0.4, -0.2) is 52.7 Å². The standard InChI is InChI=1S/C16H15ClN2O4/c17-11-6-10-2-1-3-18-15(10)13(7-11)16(22)19-4-5-23-12(9-19)8-14(20)21/h1-3,6-7,12H,4-5,8-9H2,(H,20,21). The summed E-state index contributed by atoms with van der Waals surface area (Å²) in [5, 5.41) is 10.1. The van der Waals surface area contributed by atoms with E-state index in [0.29, 0.717) is 29.3 Å². The normalized spacial score (nSPS) is 18.1. The van der Waals surface area contributed by atoms with E-state index in [1.165, 1.54) is 0 Å².